The highest BCUT2D eigenvalue weighted by atomic mass is 32.1. The lowest BCUT2D eigenvalue weighted by atomic mass is 9.51. The van der Waals surface area contributed by atoms with E-state index in [1.54, 1.807) is 25.5 Å². The van der Waals surface area contributed by atoms with Gasteiger partial charge in [0.05, 0.1) is 0 Å². The Balaban J connectivity index is 0.000000224. The van der Waals surface area contributed by atoms with Crippen molar-refractivity contribution in [3.05, 3.63) is 0 Å². The van der Waals surface area contributed by atoms with Crippen molar-refractivity contribution in [2.45, 2.75) is 26.2 Å². The van der Waals surface area contributed by atoms with Gasteiger partial charge in [-0.25, -0.2) is 0 Å². The van der Waals surface area contributed by atoms with Crippen LogP contribution in [0.4, 0.5) is 0 Å². The van der Waals surface area contributed by atoms with Gasteiger partial charge in [0.25, 0.3) is 0 Å². The van der Waals surface area contributed by atoms with Gasteiger partial charge >= 0.3 is 0 Å². The van der Waals surface area contributed by atoms with Crippen LogP contribution in [0.1, 0.15) is 26.2 Å². The van der Waals surface area contributed by atoms with Crippen molar-refractivity contribution in [2.75, 3.05) is 6.26 Å². The maximum atomic E-state index is 3.53. The fourth-order valence-electron chi connectivity index (χ4n) is 3.67. The van der Waals surface area contributed by atoms with E-state index in [1.165, 1.54) is 23.7 Å². The van der Waals surface area contributed by atoms with Crippen molar-refractivity contribution in [3.63, 3.8) is 0 Å². The number of hydrogen-bond acceptors (Lipinski definition) is 1. The molecule has 0 aromatic heterocycles. The van der Waals surface area contributed by atoms with E-state index in [2.05, 4.69) is 19.6 Å². The van der Waals surface area contributed by atoms with Gasteiger partial charge in [-0.15, -0.1) is 0 Å². The Morgan fingerprint density at radius 3 is 2.09 bits per heavy atom. The fraction of sp³-hybridized carbons (Fsp3) is 1.00. The molecule has 0 radical (unpaired) electrons. The average Bonchev–Trinajstić information content (AvgIpc) is 2.14. The Bertz CT molecular complexity index is 151. The van der Waals surface area contributed by atoms with Crippen LogP contribution >= 0.6 is 12.6 Å². The molecule has 3 rings (SSSR count). The van der Waals surface area contributed by atoms with Gasteiger partial charge < -0.3 is 0 Å². The molecule has 4 unspecified atom stereocenters. The average molecular weight is 170 g/mol. The molecule has 0 nitrogen and oxygen atoms in total. The second-order valence-corrected chi connectivity index (χ2v) is 4.45. The third-order valence-corrected chi connectivity index (χ3v) is 4.17. The molecule has 0 aliphatic heterocycles. The van der Waals surface area contributed by atoms with Gasteiger partial charge in [0.2, 0.25) is 0 Å². The predicted molar refractivity (Wildman–Crippen MR) is 51.9 cm³/mol. The zero-order valence-corrected chi connectivity index (χ0v) is 8.35. The first-order valence-corrected chi connectivity index (χ1v) is 5.70. The van der Waals surface area contributed by atoms with Crippen molar-refractivity contribution in [2.24, 2.45) is 29.6 Å². The molecule has 0 N–H and O–H groups in total. The summed E-state index contributed by atoms with van der Waals surface area (Å²) >= 11 is 3.53. The quantitative estimate of drug-likeness (QED) is 0.531. The lowest BCUT2D eigenvalue weighted by molar-refractivity contribution is -0.0469. The van der Waals surface area contributed by atoms with Crippen LogP contribution in [0.15, 0.2) is 0 Å². The first-order chi connectivity index (χ1) is 5.36. The maximum absolute atomic E-state index is 3.53. The summed E-state index contributed by atoms with van der Waals surface area (Å²) in [5.41, 5.74) is 0. The Morgan fingerprint density at radius 1 is 1.00 bits per heavy atom. The normalized spacial score (nSPS) is 56.5. The molecular weight excluding hydrogens is 152 g/mol. The number of hydrogen-bond donors (Lipinski definition) is 1. The smallest absolute Gasteiger partial charge is 0.0215 e. The highest BCUT2D eigenvalue weighted by molar-refractivity contribution is 7.79. The van der Waals surface area contributed by atoms with Crippen molar-refractivity contribution < 1.29 is 0 Å². The minimum atomic E-state index is 1.10. The van der Waals surface area contributed by atoms with Gasteiger partial charge in [-0.2, -0.15) is 12.6 Å². The molecule has 5 atom stereocenters. The summed E-state index contributed by atoms with van der Waals surface area (Å²) in [6.07, 6.45) is 6.47. The zero-order valence-electron chi connectivity index (χ0n) is 7.46. The van der Waals surface area contributed by atoms with Crippen molar-refractivity contribution in [1.82, 2.24) is 0 Å². The molecule has 0 saturated heterocycles. The van der Waals surface area contributed by atoms with Gasteiger partial charge in [-0.05, 0) is 55.1 Å². The van der Waals surface area contributed by atoms with Crippen LogP contribution in [0, 0.1) is 29.6 Å². The number of thiol groups is 1. The molecule has 0 spiro atoms. The molecule has 3 saturated carbocycles. The summed E-state index contributed by atoms with van der Waals surface area (Å²) < 4.78 is 0. The molecule has 64 valence electrons. The van der Waals surface area contributed by atoms with Crippen molar-refractivity contribution >= 4 is 12.6 Å². The summed E-state index contributed by atoms with van der Waals surface area (Å²) in [6.45, 7) is 2.46. The van der Waals surface area contributed by atoms with Gasteiger partial charge in [-0.1, -0.05) is 6.92 Å². The summed E-state index contributed by atoms with van der Waals surface area (Å²) in [5, 5.41) is 0. The molecular formula is C10H18S. The van der Waals surface area contributed by atoms with E-state index in [4.69, 9.17) is 0 Å². The lowest BCUT2D eigenvalue weighted by Gasteiger charge is -2.53. The van der Waals surface area contributed by atoms with Gasteiger partial charge in [-0.3, -0.25) is 0 Å². The third-order valence-electron chi connectivity index (χ3n) is 4.17. The Kier molecular flexibility index (Phi) is 1.95. The van der Waals surface area contributed by atoms with Crippen molar-refractivity contribution in [3.8, 4) is 0 Å². The van der Waals surface area contributed by atoms with Crippen LogP contribution in [-0.4, -0.2) is 6.26 Å². The van der Waals surface area contributed by atoms with E-state index in [1.807, 2.05) is 0 Å². The van der Waals surface area contributed by atoms with E-state index in [-0.39, 0.29) is 0 Å². The van der Waals surface area contributed by atoms with Crippen LogP contribution in [0.3, 0.4) is 0 Å². The van der Waals surface area contributed by atoms with Gasteiger partial charge in [0.1, 0.15) is 0 Å². The van der Waals surface area contributed by atoms with Crippen LogP contribution in [0.25, 0.3) is 0 Å². The van der Waals surface area contributed by atoms with Crippen LogP contribution in [-0.2, 0) is 0 Å². The molecule has 0 bridgehead atoms. The topological polar surface area (TPSA) is 0 Å². The fourth-order valence-corrected chi connectivity index (χ4v) is 3.67. The first kappa shape index (κ1) is 7.97. The standard InChI is InChI=1S/C9H14.CH4S/c1-5-2-6-3-7-4-8(5)9(6)7;1-2/h5-9H,2-4H2,1H3;2H,1H3/t5-,6?,7?,8?,9?;/m0./s1. The van der Waals surface area contributed by atoms with Gasteiger partial charge in [0, 0.05) is 0 Å². The minimum absolute atomic E-state index is 1.10. The highest BCUT2D eigenvalue weighted by Crippen LogP contribution is 2.67. The highest BCUT2D eigenvalue weighted by Gasteiger charge is 2.59. The third kappa shape index (κ3) is 0.898. The lowest BCUT2D eigenvalue weighted by Crippen LogP contribution is -2.46. The van der Waals surface area contributed by atoms with E-state index in [0.717, 1.165) is 5.92 Å². The molecule has 3 aliphatic rings. The molecule has 0 aromatic rings. The summed E-state index contributed by atoms with van der Waals surface area (Å²) in [7, 11) is 0. The first-order valence-electron chi connectivity index (χ1n) is 4.81. The molecule has 0 aromatic carbocycles. The molecule has 11 heavy (non-hydrogen) atoms. The molecule has 0 heterocycles. The molecule has 3 fully saturated rings. The number of rotatable bonds is 0. The molecule has 3 aliphatic carbocycles. The van der Waals surface area contributed by atoms with E-state index in [0.29, 0.717) is 0 Å². The SMILES string of the molecule is CS.C[C@H]1CC2CC3CC1C32. The van der Waals surface area contributed by atoms with E-state index >= 15 is 0 Å². The summed E-state index contributed by atoms with van der Waals surface area (Å²) in [5.74, 6) is 5.93. The summed E-state index contributed by atoms with van der Waals surface area (Å²) in [4.78, 5) is 0. The summed E-state index contributed by atoms with van der Waals surface area (Å²) in [6, 6.07) is 0. The maximum Gasteiger partial charge on any atom is -0.0215 e. The van der Waals surface area contributed by atoms with Crippen LogP contribution < -0.4 is 0 Å². The monoisotopic (exact) mass is 170 g/mol. The molecule has 0 amide bonds. The van der Waals surface area contributed by atoms with E-state index in [9.17, 15) is 0 Å². The second kappa shape index (κ2) is 2.69. The van der Waals surface area contributed by atoms with Crippen LogP contribution in [0.5, 0.6) is 0 Å². The van der Waals surface area contributed by atoms with E-state index < -0.39 is 0 Å². The Hall–Kier alpha value is 0.350. The zero-order chi connectivity index (χ0) is 8.01. The minimum Gasteiger partial charge on any atom is -0.183 e. The second-order valence-electron chi connectivity index (χ2n) is 4.45. The largest absolute Gasteiger partial charge is 0.183 e. The van der Waals surface area contributed by atoms with Crippen LogP contribution in [0.2, 0.25) is 0 Å². The molecule has 1 heteroatoms. The van der Waals surface area contributed by atoms with Gasteiger partial charge in [0.15, 0.2) is 0 Å². The Labute approximate surface area is 75.2 Å². The Morgan fingerprint density at radius 2 is 1.64 bits per heavy atom. The van der Waals surface area contributed by atoms with Crippen molar-refractivity contribution in [1.29, 1.82) is 0 Å². The predicted octanol–water partition coefficient (Wildman–Crippen LogP) is 2.84.